The lowest BCUT2D eigenvalue weighted by molar-refractivity contribution is 0.109. The fourth-order valence-electron chi connectivity index (χ4n) is 1.84. The van der Waals surface area contributed by atoms with Gasteiger partial charge in [-0.1, -0.05) is 0 Å². The smallest absolute Gasteiger partial charge is 0.149 e. The molecule has 0 radical (unpaired) electrons. The molecule has 2 N–H and O–H groups in total. The summed E-state index contributed by atoms with van der Waals surface area (Å²) in [5.74, 6) is 1.40. The van der Waals surface area contributed by atoms with Gasteiger partial charge in [0.25, 0.3) is 0 Å². The van der Waals surface area contributed by atoms with Gasteiger partial charge >= 0.3 is 0 Å². The van der Waals surface area contributed by atoms with Crippen LogP contribution in [0.1, 0.15) is 11.9 Å². The summed E-state index contributed by atoms with van der Waals surface area (Å²) in [6.07, 6.45) is 1.79. The minimum Gasteiger partial charge on any atom is -0.383 e. The Hall–Kier alpha value is -0.470. The van der Waals surface area contributed by atoms with Gasteiger partial charge in [-0.15, -0.1) is 0 Å². The molecule has 6 heteroatoms. The maximum Gasteiger partial charge on any atom is 0.149 e. The highest BCUT2D eigenvalue weighted by Gasteiger charge is 2.26. The molecule has 1 aromatic rings. The number of nitrogen functional groups attached to an aromatic ring is 1. The Bertz CT molecular complexity index is 383. The molecule has 1 aliphatic heterocycles. The first-order valence-corrected chi connectivity index (χ1v) is 6.32. The molecule has 0 aromatic carbocycles. The molecular weight excluding hydrogens is 317 g/mol. The van der Waals surface area contributed by atoms with E-state index in [0.717, 1.165) is 29.0 Å². The van der Waals surface area contributed by atoms with Crippen molar-refractivity contribution in [3.8, 4) is 0 Å². The minimum atomic E-state index is 0.248. The highest BCUT2D eigenvalue weighted by atomic mass is 127. The first-order chi connectivity index (χ1) is 7.58. The fourth-order valence-corrected chi connectivity index (χ4v) is 2.10. The molecule has 1 aromatic heterocycles. The monoisotopic (exact) mass is 333 g/mol. The summed E-state index contributed by atoms with van der Waals surface area (Å²) >= 11 is 2.15. The van der Waals surface area contributed by atoms with E-state index in [1.54, 1.807) is 6.20 Å². The summed E-state index contributed by atoms with van der Waals surface area (Å²) in [6, 6.07) is 0.248. The van der Waals surface area contributed by atoms with Crippen LogP contribution >= 0.6 is 22.6 Å². The molecule has 0 bridgehead atoms. The normalized spacial score (nSPS) is 23.6. The Balaban J connectivity index is 2.24. The van der Waals surface area contributed by atoms with E-state index in [4.69, 9.17) is 5.73 Å². The van der Waals surface area contributed by atoms with Crippen molar-refractivity contribution in [1.82, 2.24) is 19.8 Å². The molecule has 88 valence electrons. The second-order valence-corrected chi connectivity index (χ2v) is 5.38. The molecular formula is C10H16IN5. The molecule has 1 saturated heterocycles. The Morgan fingerprint density at radius 1 is 1.44 bits per heavy atom. The van der Waals surface area contributed by atoms with Crippen molar-refractivity contribution in [3.63, 3.8) is 0 Å². The van der Waals surface area contributed by atoms with Gasteiger partial charge in [0.2, 0.25) is 0 Å². The highest BCUT2D eigenvalue weighted by molar-refractivity contribution is 14.1. The van der Waals surface area contributed by atoms with E-state index in [1.165, 1.54) is 0 Å². The van der Waals surface area contributed by atoms with Crippen molar-refractivity contribution < 1.29 is 0 Å². The van der Waals surface area contributed by atoms with Crippen LogP contribution in [0.15, 0.2) is 6.20 Å². The van der Waals surface area contributed by atoms with Gasteiger partial charge in [0, 0.05) is 25.8 Å². The lowest BCUT2D eigenvalue weighted by Crippen LogP contribution is -2.45. The van der Waals surface area contributed by atoms with Gasteiger partial charge in [0.1, 0.15) is 11.6 Å². The van der Waals surface area contributed by atoms with Crippen LogP contribution < -0.4 is 5.73 Å². The third-order valence-corrected chi connectivity index (χ3v) is 3.77. The zero-order valence-corrected chi connectivity index (χ0v) is 11.7. The van der Waals surface area contributed by atoms with Crippen molar-refractivity contribution >= 4 is 28.4 Å². The van der Waals surface area contributed by atoms with Crippen LogP contribution in [0.3, 0.4) is 0 Å². The van der Waals surface area contributed by atoms with Gasteiger partial charge in [-0.05, 0) is 36.7 Å². The predicted octanol–water partition coefficient (Wildman–Crippen LogP) is 0.582. The van der Waals surface area contributed by atoms with Crippen molar-refractivity contribution in [2.45, 2.75) is 6.04 Å². The number of nitrogens with two attached hydrogens (primary N) is 1. The quantitative estimate of drug-likeness (QED) is 0.762. The fraction of sp³-hybridized carbons (Fsp3) is 0.600. The molecule has 16 heavy (non-hydrogen) atoms. The van der Waals surface area contributed by atoms with Gasteiger partial charge in [-0.2, -0.15) is 0 Å². The maximum atomic E-state index is 5.82. The summed E-state index contributed by atoms with van der Waals surface area (Å²) in [4.78, 5) is 13.3. The third-order valence-electron chi connectivity index (χ3n) is 2.94. The Kier molecular flexibility index (Phi) is 3.60. The zero-order valence-electron chi connectivity index (χ0n) is 9.52. The summed E-state index contributed by atoms with van der Waals surface area (Å²) in [7, 11) is 4.23. The van der Waals surface area contributed by atoms with E-state index in [2.05, 4.69) is 56.5 Å². The van der Waals surface area contributed by atoms with Crippen LogP contribution in [0.2, 0.25) is 0 Å². The standard InChI is InChI=1S/C10H16IN5/c1-15-3-4-16(2)8(6-15)10-13-5-7(11)9(12)14-10/h5,8H,3-4,6H2,1-2H3,(H2,12,13,14). The van der Waals surface area contributed by atoms with E-state index >= 15 is 0 Å². The van der Waals surface area contributed by atoms with E-state index in [9.17, 15) is 0 Å². The molecule has 5 nitrogen and oxygen atoms in total. The molecule has 1 unspecified atom stereocenters. The van der Waals surface area contributed by atoms with Crippen LogP contribution in [0.5, 0.6) is 0 Å². The maximum absolute atomic E-state index is 5.82. The second-order valence-electron chi connectivity index (χ2n) is 4.22. The molecule has 2 heterocycles. The number of hydrogen-bond acceptors (Lipinski definition) is 5. The second kappa shape index (κ2) is 4.80. The van der Waals surface area contributed by atoms with Crippen molar-refractivity contribution in [1.29, 1.82) is 0 Å². The number of likely N-dealkylation sites (N-methyl/N-ethyl adjacent to an activating group) is 2. The highest BCUT2D eigenvalue weighted by Crippen LogP contribution is 2.22. The first kappa shape index (κ1) is 12.0. The van der Waals surface area contributed by atoms with Crippen LogP contribution in [0.4, 0.5) is 5.82 Å². The number of piperazine rings is 1. The number of anilines is 1. The summed E-state index contributed by atoms with van der Waals surface area (Å²) in [5.41, 5.74) is 5.82. The van der Waals surface area contributed by atoms with Crippen molar-refractivity contribution in [2.24, 2.45) is 0 Å². The molecule has 0 aliphatic carbocycles. The minimum absolute atomic E-state index is 0.248. The molecule has 1 fully saturated rings. The van der Waals surface area contributed by atoms with Gasteiger partial charge in [0.15, 0.2) is 0 Å². The summed E-state index contributed by atoms with van der Waals surface area (Å²) < 4.78 is 0.910. The van der Waals surface area contributed by atoms with Crippen LogP contribution in [-0.2, 0) is 0 Å². The largest absolute Gasteiger partial charge is 0.383 e. The van der Waals surface area contributed by atoms with Gasteiger partial charge in [-0.3, -0.25) is 4.90 Å². The van der Waals surface area contributed by atoms with Crippen LogP contribution in [0.25, 0.3) is 0 Å². The molecule has 2 rings (SSSR count). The number of hydrogen-bond donors (Lipinski definition) is 1. The lowest BCUT2D eigenvalue weighted by atomic mass is 10.1. The summed E-state index contributed by atoms with van der Waals surface area (Å²) in [6.45, 7) is 3.08. The molecule has 1 atom stereocenters. The Morgan fingerprint density at radius 2 is 2.19 bits per heavy atom. The number of halogens is 1. The molecule has 1 aliphatic rings. The van der Waals surface area contributed by atoms with E-state index in [0.29, 0.717) is 5.82 Å². The molecule has 0 saturated carbocycles. The Morgan fingerprint density at radius 3 is 2.88 bits per heavy atom. The third kappa shape index (κ3) is 2.44. The number of aromatic nitrogens is 2. The molecule has 0 amide bonds. The van der Waals surface area contributed by atoms with E-state index in [-0.39, 0.29) is 6.04 Å². The number of nitrogens with zero attached hydrogens (tertiary/aromatic N) is 4. The van der Waals surface area contributed by atoms with Crippen LogP contribution in [0, 0.1) is 3.57 Å². The van der Waals surface area contributed by atoms with Crippen LogP contribution in [-0.4, -0.2) is 53.5 Å². The van der Waals surface area contributed by atoms with E-state index < -0.39 is 0 Å². The average molecular weight is 333 g/mol. The predicted molar refractivity (Wildman–Crippen MR) is 72.0 cm³/mol. The summed E-state index contributed by atoms with van der Waals surface area (Å²) in [5, 5.41) is 0. The zero-order chi connectivity index (χ0) is 11.7. The van der Waals surface area contributed by atoms with Gasteiger partial charge in [-0.25, -0.2) is 9.97 Å². The average Bonchev–Trinajstić information content (AvgIpc) is 2.26. The Labute approximate surface area is 109 Å². The number of rotatable bonds is 1. The van der Waals surface area contributed by atoms with Crippen molar-refractivity contribution in [3.05, 3.63) is 15.6 Å². The lowest BCUT2D eigenvalue weighted by Gasteiger charge is -2.36. The SMILES string of the molecule is CN1CCN(C)C(c2ncc(I)c(N)n2)C1. The van der Waals surface area contributed by atoms with Gasteiger partial charge in [0.05, 0.1) is 9.61 Å². The van der Waals surface area contributed by atoms with Gasteiger partial charge < -0.3 is 10.6 Å². The van der Waals surface area contributed by atoms with Crippen molar-refractivity contribution in [2.75, 3.05) is 39.5 Å². The topological polar surface area (TPSA) is 58.3 Å². The first-order valence-electron chi connectivity index (χ1n) is 5.24. The molecule has 0 spiro atoms. The van der Waals surface area contributed by atoms with E-state index in [1.807, 2.05) is 0 Å².